The van der Waals surface area contributed by atoms with E-state index in [9.17, 15) is 13.9 Å². The lowest BCUT2D eigenvalue weighted by atomic mass is 10.1. The molecular weight excluding hydrogens is 481 g/mol. The molecule has 28 heavy (non-hydrogen) atoms. The summed E-state index contributed by atoms with van der Waals surface area (Å²) in [5, 5.41) is 16.9. The van der Waals surface area contributed by atoms with Gasteiger partial charge in [-0.25, -0.2) is 8.78 Å². The van der Waals surface area contributed by atoms with Gasteiger partial charge in [-0.3, -0.25) is 9.89 Å². The largest absolute Gasteiger partial charge is 0.497 e. The monoisotopic (exact) mass is 512 g/mol. The van der Waals surface area contributed by atoms with Crippen LogP contribution in [-0.4, -0.2) is 68.3 Å². The zero-order chi connectivity index (χ0) is 19.6. The minimum atomic E-state index is -2.28. The predicted molar refractivity (Wildman–Crippen MR) is 118 cm³/mol. The van der Waals surface area contributed by atoms with Crippen LogP contribution >= 0.6 is 24.0 Å². The van der Waals surface area contributed by atoms with Crippen molar-refractivity contribution in [2.24, 2.45) is 4.99 Å². The number of hydrogen-bond donors (Lipinski definition) is 3. The van der Waals surface area contributed by atoms with Crippen LogP contribution in [0.3, 0.4) is 0 Å². The number of benzene rings is 1. The first kappa shape index (κ1) is 24.8. The number of likely N-dealkylation sites (tertiary alicyclic amines) is 1. The molecule has 0 aliphatic carbocycles. The molecule has 1 saturated heterocycles. The fourth-order valence-corrected chi connectivity index (χ4v) is 3.08. The molecule has 1 aromatic rings. The molecule has 0 radical (unpaired) electrons. The third kappa shape index (κ3) is 8.44. The summed E-state index contributed by atoms with van der Waals surface area (Å²) in [6, 6.07) is 7.43. The van der Waals surface area contributed by atoms with E-state index >= 15 is 0 Å². The number of piperidine rings is 1. The number of nitrogens with one attached hydrogen (secondary N) is 2. The third-order valence-electron chi connectivity index (χ3n) is 4.59. The second kappa shape index (κ2) is 13.1. The fraction of sp³-hybridized carbons (Fsp3) is 0.632. The molecule has 0 aromatic heterocycles. The summed E-state index contributed by atoms with van der Waals surface area (Å²) in [7, 11) is 1.60. The van der Waals surface area contributed by atoms with Gasteiger partial charge in [0.15, 0.2) is 5.96 Å². The van der Waals surface area contributed by atoms with Gasteiger partial charge in [0.25, 0.3) is 6.43 Å². The Balaban J connectivity index is 0.00000392. The molecule has 2 rings (SSSR count). The third-order valence-corrected chi connectivity index (χ3v) is 4.59. The van der Waals surface area contributed by atoms with E-state index in [2.05, 4.69) is 15.6 Å². The van der Waals surface area contributed by atoms with E-state index in [1.807, 2.05) is 19.1 Å². The molecule has 0 spiro atoms. The highest BCUT2D eigenvalue weighted by atomic mass is 127. The molecule has 1 heterocycles. The first-order valence-corrected chi connectivity index (χ1v) is 9.39. The van der Waals surface area contributed by atoms with Crippen LogP contribution in [0.4, 0.5) is 8.78 Å². The first-order valence-electron chi connectivity index (χ1n) is 9.39. The summed E-state index contributed by atoms with van der Waals surface area (Å²) in [5.41, 5.74) is 0.774. The molecule has 0 amide bonds. The molecule has 1 aliphatic rings. The Hall–Kier alpha value is -1.20. The molecule has 160 valence electrons. The minimum absolute atomic E-state index is 0. The normalized spacial score (nSPS) is 17.1. The molecule has 3 N–H and O–H groups in total. The summed E-state index contributed by atoms with van der Waals surface area (Å²) in [6.07, 6.45) is -1.41. The van der Waals surface area contributed by atoms with Crippen LogP contribution < -0.4 is 15.4 Å². The van der Waals surface area contributed by atoms with Gasteiger partial charge in [0, 0.05) is 25.7 Å². The molecule has 6 nitrogen and oxygen atoms in total. The lowest BCUT2D eigenvalue weighted by Crippen LogP contribution is -2.49. The summed E-state index contributed by atoms with van der Waals surface area (Å²) in [4.78, 5) is 6.27. The van der Waals surface area contributed by atoms with E-state index in [0.29, 0.717) is 25.6 Å². The number of hydrogen-bond acceptors (Lipinski definition) is 4. The van der Waals surface area contributed by atoms with Gasteiger partial charge < -0.3 is 20.5 Å². The smallest absolute Gasteiger partial charge is 0.251 e. The van der Waals surface area contributed by atoms with Gasteiger partial charge in [-0.1, -0.05) is 12.1 Å². The van der Waals surface area contributed by atoms with Gasteiger partial charge >= 0.3 is 0 Å². The van der Waals surface area contributed by atoms with Gasteiger partial charge in [0.1, 0.15) is 5.75 Å². The number of guanidine groups is 1. The SMILES string of the molecule is CCNC(=NCC(O)c1ccc(OC)cc1)NC1CCN(CC(F)F)CC1.I. The number of aliphatic hydroxyl groups is 1. The molecule has 1 aliphatic heterocycles. The van der Waals surface area contributed by atoms with Crippen LogP contribution in [0.2, 0.25) is 0 Å². The topological polar surface area (TPSA) is 69.1 Å². The lowest BCUT2D eigenvalue weighted by molar-refractivity contribution is 0.0744. The molecule has 0 saturated carbocycles. The van der Waals surface area contributed by atoms with E-state index in [4.69, 9.17) is 4.74 Å². The Morgan fingerprint density at radius 2 is 1.93 bits per heavy atom. The minimum Gasteiger partial charge on any atom is -0.497 e. The van der Waals surface area contributed by atoms with E-state index in [1.54, 1.807) is 24.1 Å². The van der Waals surface area contributed by atoms with Gasteiger partial charge in [0.2, 0.25) is 0 Å². The van der Waals surface area contributed by atoms with Crippen molar-refractivity contribution in [1.82, 2.24) is 15.5 Å². The standard InChI is InChI=1S/C19H30F2N4O2.HI/c1-3-22-19(24-15-8-10-25(11-9-15)13-18(20)21)23-12-17(26)14-4-6-16(27-2)7-5-14;/h4-7,15,17-18,26H,3,8-13H2,1-2H3,(H2,22,23,24);1H. The second-order valence-corrected chi connectivity index (χ2v) is 6.62. The number of nitrogens with zero attached hydrogens (tertiary/aromatic N) is 2. The van der Waals surface area contributed by atoms with Crippen molar-refractivity contribution < 1.29 is 18.6 Å². The zero-order valence-electron chi connectivity index (χ0n) is 16.4. The molecular formula is C19H31F2IN4O2. The highest BCUT2D eigenvalue weighted by Gasteiger charge is 2.22. The van der Waals surface area contributed by atoms with Crippen molar-refractivity contribution in [2.45, 2.75) is 38.3 Å². The van der Waals surface area contributed by atoms with Gasteiger partial charge in [-0.15, -0.1) is 24.0 Å². The number of rotatable bonds is 8. The Morgan fingerprint density at radius 3 is 2.46 bits per heavy atom. The van der Waals surface area contributed by atoms with Gasteiger partial charge in [-0.05, 0) is 37.5 Å². The van der Waals surface area contributed by atoms with Crippen LogP contribution in [0.15, 0.2) is 29.3 Å². The summed E-state index contributed by atoms with van der Waals surface area (Å²) >= 11 is 0. The Morgan fingerprint density at radius 1 is 1.29 bits per heavy atom. The van der Waals surface area contributed by atoms with Crippen LogP contribution in [0.5, 0.6) is 5.75 Å². The summed E-state index contributed by atoms with van der Waals surface area (Å²) in [5.74, 6) is 1.38. The lowest BCUT2D eigenvalue weighted by Gasteiger charge is -2.32. The zero-order valence-corrected chi connectivity index (χ0v) is 18.7. The average molecular weight is 512 g/mol. The number of methoxy groups -OCH3 is 1. The predicted octanol–water partition coefficient (Wildman–Crippen LogP) is 2.63. The molecule has 1 atom stereocenters. The molecule has 1 aromatic carbocycles. The quantitative estimate of drug-likeness (QED) is 0.284. The molecule has 1 fully saturated rings. The van der Waals surface area contributed by atoms with Crippen LogP contribution in [0.25, 0.3) is 0 Å². The van der Waals surface area contributed by atoms with E-state index in [1.165, 1.54) is 0 Å². The maximum Gasteiger partial charge on any atom is 0.251 e. The first-order chi connectivity index (χ1) is 13.0. The number of aliphatic hydroxyl groups excluding tert-OH is 1. The van der Waals surface area contributed by atoms with E-state index in [0.717, 1.165) is 24.2 Å². The van der Waals surface area contributed by atoms with Crippen molar-refractivity contribution >= 4 is 29.9 Å². The second-order valence-electron chi connectivity index (χ2n) is 6.62. The van der Waals surface area contributed by atoms with Crippen molar-refractivity contribution in [1.29, 1.82) is 0 Å². The Bertz CT molecular complexity index is 582. The van der Waals surface area contributed by atoms with Crippen LogP contribution in [-0.2, 0) is 0 Å². The van der Waals surface area contributed by atoms with Gasteiger partial charge in [0.05, 0.1) is 26.3 Å². The van der Waals surface area contributed by atoms with Crippen LogP contribution in [0, 0.1) is 0 Å². The number of alkyl halides is 2. The Labute approximate surface area is 182 Å². The fourth-order valence-electron chi connectivity index (χ4n) is 3.08. The van der Waals surface area contributed by atoms with Gasteiger partial charge in [-0.2, -0.15) is 0 Å². The highest BCUT2D eigenvalue weighted by Crippen LogP contribution is 2.18. The molecule has 1 unspecified atom stereocenters. The van der Waals surface area contributed by atoms with E-state index in [-0.39, 0.29) is 43.1 Å². The number of ether oxygens (including phenoxy) is 1. The highest BCUT2D eigenvalue weighted by molar-refractivity contribution is 14.0. The summed E-state index contributed by atoms with van der Waals surface area (Å²) < 4.78 is 30.1. The van der Waals surface area contributed by atoms with Crippen molar-refractivity contribution in [3.8, 4) is 5.75 Å². The summed E-state index contributed by atoms with van der Waals surface area (Å²) in [6.45, 7) is 4.05. The number of aliphatic imine (C=N–C) groups is 1. The average Bonchev–Trinajstić information content (AvgIpc) is 2.67. The van der Waals surface area contributed by atoms with Crippen LogP contribution in [0.1, 0.15) is 31.4 Å². The molecule has 9 heteroatoms. The van der Waals surface area contributed by atoms with Crippen molar-refractivity contribution in [2.75, 3.05) is 39.8 Å². The van der Waals surface area contributed by atoms with Crippen molar-refractivity contribution in [3.05, 3.63) is 29.8 Å². The van der Waals surface area contributed by atoms with E-state index < -0.39 is 12.5 Å². The maximum atomic E-state index is 12.5. The number of halogens is 3. The molecule has 0 bridgehead atoms. The Kier molecular flexibility index (Phi) is 11.6. The van der Waals surface area contributed by atoms with Crippen molar-refractivity contribution in [3.63, 3.8) is 0 Å². The maximum absolute atomic E-state index is 12.5.